The Morgan fingerprint density at radius 3 is 2.92 bits per heavy atom. The SMILES string of the molecule is Cc1ccc(CNCC(N)=O)o1. The number of carbonyl (C=O) groups is 1. The zero-order chi connectivity index (χ0) is 8.97. The molecule has 1 heterocycles. The van der Waals surface area contributed by atoms with Gasteiger partial charge in [-0.2, -0.15) is 0 Å². The number of nitrogens with two attached hydrogens (primary N) is 1. The summed E-state index contributed by atoms with van der Waals surface area (Å²) in [6.07, 6.45) is 0. The van der Waals surface area contributed by atoms with E-state index in [-0.39, 0.29) is 12.5 Å². The van der Waals surface area contributed by atoms with Gasteiger partial charge in [0.05, 0.1) is 13.1 Å². The Morgan fingerprint density at radius 2 is 2.42 bits per heavy atom. The molecule has 4 nitrogen and oxygen atoms in total. The molecule has 0 bridgehead atoms. The summed E-state index contributed by atoms with van der Waals surface area (Å²) >= 11 is 0. The van der Waals surface area contributed by atoms with Gasteiger partial charge in [-0.15, -0.1) is 0 Å². The highest BCUT2D eigenvalue weighted by Crippen LogP contribution is 2.04. The van der Waals surface area contributed by atoms with Crippen LogP contribution >= 0.6 is 0 Å². The van der Waals surface area contributed by atoms with E-state index in [1.54, 1.807) is 0 Å². The normalized spacial score (nSPS) is 10.1. The minimum atomic E-state index is -0.363. The van der Waals surface area contributed by atoms with E-state index in [1.165, 1.54) is 0 Å². The summed E-state index contributed by atoms with van der Waals surface area (Å²) in [6.45, 7) is 2.59. The Kier molecular flexibility index (Phi) is 2.88. The van der Waals surface area contributed by atoms with E-state index in [1.807, 2.05) is 19.1 Å². The minimum absolute atomic E-state index is 0.180. The number of primary amides is 1. The van der Waals surface area contributed by atoms with Crippen LogP contribution in [0.5, 0.6) is 0 Å². The highest BCUT2D eigenvalue weighted by molar-refractivity contribution is 5.75. The van der Waals surface area contributed by atoms with Crippen LogP contribution < -0.4 is 11.1 Å². The summed E-state index contributed by atoms with van der Waals surface area (Å²) < 4.78 is 5.25. The molecule has 0 aliphatic heterocycles. The van der Waals surface area contributed by atoms with E-state index in [0.29, 0.717) is 6.54 Å². The molecule has 4 heteroatoms. The van der Waals surface area contributed by atoms with Crippen molar-refractivity contribution in [3.05, 3.63) is 23.7 Å². The van der Waals surface area contributed by atoms with Crippen molar-refractivity contribution in [3.63, 3.8) is 0 Å². The Labute approximate surface area is 70.7 Å². The Morgan fingerprint density at radius 1 is 1.67 bits per heavy atom. The van der Waals surface area contributed by atoms with Crippen molar-refractivity contribution < 1.29 is 9.21 Å². The summed E-state index contributed by atoms with van der Waals surface area (Å²) in [6, 6.07) is 3.74. The number of rotatable bonds is 4. The fourth-order valence-electron chi connectivity index (χ4n) is 0.889. The first kappa shape index (κ1) is 8.80. The van der Waals surface area contributed by atoms with Crippen molar-refractivity contribution in [2.75, 3.05) is 6.54 Å². The molecule has 0 saturated heterocycles. The van der Waals surface area contributed by atoms with E-state index < -0.39 is 0 Å². The number of carbonyl (C=O) groups excluding carboxylic acids is 1. The first-order valence-electron chi connectivity index (χ1n) is 3.73. The van der Waals surface area contributed by atoms with Crippen molar-refractivity contribution in [2.24, 2.45) is 5.73 Å². The third kappa shape index (κ3) is 2.75. The van der Waals surface area contributed by atoms with Gasteiger partial charge in [-0.05, 0) is 19.1 Å². The lowest BCUT2D eigenvalue weighted by molar-refractivity contribution is -0.117. The highest BCUT2D eigenvalue weighted by Gasteiger charge is 1.98. The second-order valence-electron chi connectivity index (χ2n) is 2.58. The van der Waals surface area contributed by atoms with Crippen LogP contribution in [0.2, 0.25) is 0 Å². The predicted molar refractivity (Wildman–Crippen MR) is 44.3 cm³/mol. The van der Waals surface area contributed by atoms with E-state index >= 15 is 0 Å². The number of hydrogen-bond acceptors (Lipinski definition) is 3. The highest BCUT2D eigenvalue weighted by atomic mass is 16.3. The monoisotopic (exact) mass is 168 g/mol. The molecule has 0 aliphatic rings. The number of nitrogens with one attached hydrogen (secondary N) is 1. The quantitative estimate of drug-likeness (QED) is 0.673. The topological polar surface area (TPSA) is 68.3 Å². The lowest BCUT2D eigenvalue weighted by Gasteiger charge is -1.97. The summed E-state index contributed by atoms with van der Waals surface area (Å²) in [7, 11) is 0. The van der Waals surface area contributed by atoms with Crippen LogP contribution in [-0.2, 0) is 11.3 Å². The third-order valence-electron chi connectivity index (χ3n) is 1.39. The van der Waals surface area contributed by atoms with E-state index in [4.69, 9.17) is 10.2 Å². The van der Waals surface area contributed by atoms with Gasteiger partial charge < -0.3 is 15.5 Å². The molecule has 0 fully saturated rings. The fourth-order valence-corrected chi connectivity index (χ4v) is 0.889. The van der Waals surface area contributed by atoms with Gasteiger partial charge in [0.15, 0.2) is 0 Å². The van der Waals surface area contributed by atoms with Gasteiger partial charge in [-0.3, -0.25) is 4.79 Å². The van der Waals surface area contributed by atoms with E-state index in [9.17, 15) is 4.79 Å². The maximum Gasteiger partial charge on any atom is 0.231 e. The Balaban J connectivity index is 2.29. The molecule has 0 aromatic carbocycles. The Bertz CT molecular complexity index is 268. The molecule has 0 spiro atoms. The van der Waals surface area contributed by atoms with Gasteiger partial charge in [0, 0.05) is 0 Å². The van der Waals surface area contributed by atoms with Gasteiger partial charge in [0.25, 0.3) is 0 Å². The zero-order valence-electron chi connectivity index (χ0n) is 6.96. The molecule has 1 amide bonds. The molecule has 1 aromatic heterocycles. The maximum atomic E-state index is 10.3. The molecule has 1 rings (SSSR count). The van der Waals surface area contributed by atoms with Crippen LogP contribution in [0.4, 0.5) is 0 Å². The zero-order valence-corrected chi connectivity index (χ0v) is 6.96. The molecule has 0 radical (unpaired) electrons. The maximum absolute atomic E-state index is 10.3. The molecule has 3 N–H and O–H groups in total. The first-order valence-corrected chi connectivity index (χ1v) is 3.73. The largest absolute Gasteiger partial charge is 0.465 e. The van der Waals surface area contributed by atoms with Crippen molar-refractivity contribution in [2.45, 2.75) is 13.5 Å². The number of amides is 1. The summed E-state index contributed by atoms with van der Waals surface area (Å²) in [4.78, 5) is 10.3. The van der Waals surface area contributed by atoms with Crippen LogP contribution in [0.3, 0.4) is 0 Å². The van der Waals surface area contributed by atoms with Crippen molar-refractivity contribution in [1.29, 1.82) is 0 Å². The van der Waals surface area contributed by atoms with Gasteiger partial charge in [-0.25, -0.2) is 0 Å². The molecule has 1 aromatic rings. The number of aryl methyl sites for hydroxylation is 1. The molecule has 0 unspecified atom stereocenters. The van der Waals surface area contributed by atoms with Crippen molar-refractivity contribution in [3.8, 4) is 0 Å². The van der Waals surface area contributed by atoms with Gasteiger partial charge in [0.1, 0.15) is 11.5 Å². The second kappa shape index (κ2) is 3.92. The standard InChI is InChI=1S/C8H12N2O2/c1-6-2-3-7(12-6)4-10-5-8(9)11/h2-3,10H,4-5H2,1H3,(H2,9,11). The minimum Gasteiger partial charge on any atom is -0.465 e. The fraction of sp³-hybridized carbons (Fsp3) is 0.375. The van der Waals surface area contributed by atoms with Crippen LogP contribution in [0.15, 0.2) is 16.5 Å². The van der Waals surface area contributed by atoms with Crippen LogP contribution in [-0.4, -0.2) is 12.5 Å². The average molecular weight is 168 g/mol. The van der Waals surface area contributed by atoms with E-state index in [2.05, 4.69) is 5.32 Å². The molecular weight excluding hydrogens is 156 g/mol. The lowest BCUT2D eigenvalue weighted by Crippen LogP contribution is -2.27. The molecular formula is C8H12N2O2. The van der Waals surface area contributed by atoms with Crippen LogP contribution in [0.1, 0.15) is 11.5 Å². The van der Waals surface area contributed by atoms with Crippen LogP contribution in [0.25, 0.3) is 0 Å². The van der Waals surface area contributed by atoms with Gasteiger partial charge in [0.2, 0.25) is 5.91 Å². The molecule has 0 aliphatic carbocycles. The summed E-state index contributed by atoms with van der Waals surface area (Å²) in [5.41, 5.74) is 4.93. The van der Waals surface area contributed by atoms with Crippen molar-refractivity contribution >= 4 is 5.91 Å². The first-order chi connectivity index (χ1) is 5.68. The molecule has 0 atom stereocenters. The van der Waals surface area contributed by atoms with Crippen molar-refractivity contribution in [1.82, 2.24) is 5.32 Å². The van der Waals surface area contributed by atoms with Gasteiger partial charge in [-0.1, -0.05) is 0 Å². The number of furan rings is 1. The molecule has 0 saturated carbocycles. The van der Waals surface area contributed by atoms with E-state index in [0.717, 1.165) is 11.5 Å². The summed E-state index contributed by atoms with van der Waals surface area (Å²) in [5.74, 6) is 1.32. The number of hydrogen-bond donors (Lipinski definition) is 2. The lowest BCUT2D eigenvalue weighted by atomic mass is 10.4. The van der Waals surface area contributed by atoms with Gasteiger partial charge >= 0.3 is 0 Å². The third-order valence-corrected chi connectivity index (χ3v) is 1.39. The second-order valence-corrected chi connectivity index (χ2v) is 2.58. The molecule has 12 heavy (non-hydrogen) atoms. The smallest absolute Gasteiger partial charge is 0.231 e. The predicted octanol–water partition coefficient (Wildman–Crippen LogP) is 0.163. The Hall–Kier alpha value is -1.29. The van der Waals surface area contributed by atoms with Crippen LogP contribution in [0, 0.1) is 6.92 Å². The average Bonchev–Trinajstić information content (AvgIpc) is 2.35. The molecule has 66 valence electrons. The summed E-state index contributed by atoms with van der Waals surface area (Å²) in [5, 5.41) is 2.85.